The minimum atomic E-state index is -0.799. The van der Waals surface area contributed by atoms with Crippen molar-refractivity contribution in [1.82, 2.24) is 4.98 Å². The first-order chi connectivity index (χ1) is 9.11. The Morgan fingerprint density at radius 2 is 1.95 bits per heavy atom. The fourth-order valence-electron chi connectivity index (χ4n) is 1.46. The average Bonchev–Trinajstić information content (AvgIpc) is 2.39. The molecule has 0 saturated carbocycles. The van der Waals surface area contributed by atoms with Gasteiger partial charge in [-0.2, -0.15) is 9.65 Å². The summed E-state index contributed by atoms with van der Waals surface area (Å²) in [5.41, 5.74) is -0.432. The van der Waals surface area contributed by atoms with Gasteiger partial charge in [0.25, 0.3) is 5.91 Å². The highest BCUT2D eigenvalue weighted by Gasteiger charge is 2.13. The van der Waals surface area contributed by atoms with Crippen molar-refractivity contribution in [3.8, 4) is 6.07 Å². The van der Waals surface area contributed by atoms with Gasteiger partial charge in [-0.3, -0.25) is 4.79 Å². The summed E-state index contributed by atoms with van der Waals surface area (Å²) >= 11 is 0. The van der Waals surface area contributed by atoms with Gasteiger partial charge >= 0.3 is 0 Å². The number of amides is 1. The molecular weight excluding hydrogens is 252 g/mol. The van der Waals surface area contributed by atoms with Gasteiger partial charge < -0.3 is 5.32 Å². The molecule has 0 unspecified atom stereocenters. The largest absolute Gasteiger partial charge is 0.319 e. The number of nitriles is 1. The minimum absolute atomic E-state index is 0.0126. The van der Waals surface area contributed by atoms with Crippen molar-refractivity contribution in [3.05, 3.63) is 59.4 Å². The molecule has 0 aliphatic carbocycles. The number of carbonyl (C=O) groups is 1. The molecule has 0 aliphatic heterocycles. The highest BCUT2D eigenvalue weighted by atomic mass is 19.1. The molecule has 1 heterocycles. The van der Waals surface area contributed by atoms with Crippen LogP contribution in [0.25, 0.3) is 0 Å². The molecule has 94 valence electrons. The second kappa shape index (κ2) is 5.23. The number of carbonyl (C=O) groups excluding carboxylic acids is 1. The topological polar surface area (TPSA) is 65.8 Å². The minimum Gasteiger partial charge on any atom is -0.319 e. The van der Waals surface area contributed by atoms with E-state index in [-0.39, 0.29) is 16.9 Å². The van der Waals surface area contributed by atoms with E-state index in [0.29, 0.717) is 0 Å². The van der Waals surface area contributed by atoms with Gasteiger partial charge in [-0.15, -0.1) is 0 Å². The molecule has 0 atom stereocenters. The lowest BCUT2D eigenvalue weighted by atomic mass is 10.2. The number of aromatic nitrogens is 1. The lowest BCUT2D eigenvalue weighted by molar-refractivity contribution is 0.102. The quantitative estimate of drug-likeness (QED) is 0.842. The second-order valence-electron chi connectivity index (χ2n) is 3.57. The summed E-state index contributed by atoms with van der Waals surface area (Å²) in [4.78, 5) is 15.2. The van der Waals surface area contributed by atoms with Crippen LogP contribution in [0, 0.1) is 23.1 Å². The monoisotopic (exact) mass is 259 g/mol. The number of pyridine rings is 1. The van der Waals surface area contributed by atoms with E-state index in [1.807, 2.05) is 0 Å². The molecule has 0 saturated heterocycles. The van der Waals surface area contributed by atoms with E-state index in [1.54, 1.807) is 6.07 Å². The summed E-state index contributed by atoms with van der Waals surface area (Å²) in [7, 11) is 0. The molecule has 1 aromatic carbocycles. The van der Waals surface area contributed by atoms with Crippen LogP contribution in [0.2, 0.25) is 0 Å². The number of nitrogens with zero attached hydrogens (tertiary/aromatic N) is 2. The fourth-order valence-corrected chi connectivity index (χ4v) is 1.46. The Bertz CT molecular complexity index is 680. The van der Waals surface area contributed by atoms with Crippen LogP contribution in [0.1, 0.15) is 16.1 Å². The van der Waals surface area contributed by atoms with Gasteiger partial charge in [-0.25, -0.2) is 9.37 Å². The molecule has 0 fully saturated rings. The summed E-state index contributed by atoms with van der Waals surface area (Å²) in [6.07, 6.45) is 0. The maximum Gasteiger partial charge on any atom is 0.274 e. The first-order valence-corrected chi connectivity index (χ1v) is 5.24. The van der Waals surface area contributed by atoms with Crippen LogP contribution >= 0.6 is 0 Å². The summed E-state index contributed by atoms with van der Waals surface area (Å²) in [5.74, 6) is -2.26. The number of hydrogen-bond donors (Lipinski definition) is 1. The van der Waals surface area contributed by atoms with Crippen molar-refractivity contribution in [1.29, 1.82) is 5.26 Å². The zero-order valence-electron chi connectivity index (χ0n) is 9.52. The van der Waals surface area contributed by atoms with Crippen LogP contribution in [-0.4, -0.2) is 10.9 Å². The van der Waals surface area contributed by atoms with Crippen molar-refractivity contribution in [2.75, 3.05) is 5.32 Å². The average molecular weight is 259 g/mol. The summed E-state index contributed by atoms with van der Waals surface area (Å²) < 4.78 is 26.2. The van der Waals surface area contributed by atoms with Crippen molar-refractivity contribution in [2.24, 2.45) is 0 Å². The SMILES string of the molecule is N#Cc1c(F)cccc1NC(=O)c1cccc(F)n1. The van der Waals surface area contributed by atoms with Crippen molar-refractivity contribution in [2.45, 2.75) is 0 Å². The van der Waals surface area contributed by atoms with E-state index in [1.165, 1.54) is 24.3 Å². The molecule has 4 nitrogen and oxygen atoms in total. The van der Waals surface area contributed by atoms with Crippen molar-refractivity contribution < 1.29 is 13.6 Å². The van der Waals surface area contributed by atoms with E-state index >= 15 is 0 Å². The van der Waals surface area contributed by atoms with E-state index < -0.39 is 17.7 Å². The number of benzene rings is 1. The second-order valence-corrected chi connectivity index (χ2v) is 3.57. The Kier molecular flexibility index (Phi) is 3.48. The molecule has 6 heteroatoms. The third kappa shape index (κ3) is 2.72. The molecule has 19 heavy (non-hydrogen) atoms. The molecule has 2 rings (SSSR count). The number of hydrogen-bond acceptors (Lipinski definition) is 3. The molecule has 1 N–H and O–H groups in total. The van der Waals surface area contributed by atoms with E-state index in [0.717, 1.165) is 12.1 Å². The Balaban J connectivity index is 2.30. The molecule has 0 radical (unpaired) electrons. The predicted molar refractivity (Wildman–Crippen MR) is 63.3 cm³/mol. The van der Waals surface area contributed by atoms with Gasteiger partial charge in [0, 0.05) is 0 Å². The smallest absolute Gasteiger partial charge is 0.274 e. The summed E-state index contributed by atoms with van der Waals surface area (Å²) in [6, 6.07) is 9.21. The first-order valence-electron chi connectivity index (χ1n) is 5.24. The van der Waals surface area contributed by atoms with Gasteiger partial charge in [-0.05, 0) is 24.3 Å². The molecule has 0 spiro atoms. The summed E-state index contributed by atoms with van der Waals surface area (Å²) in [5, 5.41) is 11.1. The van der Waals surface area contributed by atoms with Crippen LogP contribution < -0.4 is 5.32 Å². The van der Waals surface area contributed by atoms with Gasteiger partial charge in [0.1, 0.15) is 23.1 Å². The Labute approximate surface area is 107 Å². The molecule has 1 amide bonds. The van der Waals surface area contributed by atoms with Gasteiger partial charge in [-0.1, -0.05) is 12.1 Å². The van der Waals surface area contributed by atoms with Gasteiger partial charge in [0.15, 0.2) is 0 Å². The van der Waals surface area contributed by atoms with Crippen molar-refractivity contribution >= 4 is 11.6 Å². The number of anilines is 1. The van der Waals surface area contributed by atoms with E-state index in [4.69, 9.17) is 5.26 Å². The molecular formula is C13H7F2N3O. The Morgan fingerprint density at radius 3 is 2.63 bits per heavy atom. The summed E-state index contributed by atoms with van der Waals surface area (Å²) in [6.45, 7) is 0. The third-order valence-corrected chi connectivity index (χ3v) is 2.32. The van der Waals surface area contributed by atoms with Crippen LogP contribution in [-0.2, 0) is 0 Å². The molecule has 2 aromatic rings. The van der Waals surface area contributed by atoms with Crippen LogP contribution in [0.4, 0.5) is 14.5 Å². The number of nitrogens with one attached hydrogen (secondary N) is 1. The van der Waals surface area contributed by atoms with Crippen LogP contribution in [0.15, 0.2) is 36.4 Å². The Morgan fingerprint density at radius 1 is 1.21 bits per heavy atom. The lowest BCUT2D eigenvalue weighted by Crippen LogP contribution is -2.15. The normalized spacial score (nSPS) is 9.74. The zero-order chi connectivity index (χ0) is 13.8. The third-order valence-electron chi connectivity index (χ3n) is 2.32. The Hall–Kier alpha value is -2.81. The van der Waals surface area contributed by atoms with Gasteiger partial charge in [0.05, 0.1) is 5.69 Å². The number of halogens is 2. The van der Waals surface area contributed by atoms with Crippen LogP contribution in [0.5, 0.6) is 0 Å². The highest BCUT2D eigenvalue weighted by Crippen LogP contribution is 2.18. The predicted octanol–water partition coefficient (Wildman–Crippen LogP) is 2.48. The highest BCUT2D eigenvalue weighted by molar-refractivity contribution is 6.03. The standard InChI is InChI=1S/C13H7F2N3O/c14-9-3-1-4-10(8(9)7-16)18-13(19)11-5-2-6-12(15)17-11/h1-6H,(H,18,19). The maximum atomic E-state index is 13.3. The van der Waals surface area contributed by atoms with Gasteiger partial charge in [0.2, 0.25) is 5.95 Å². The van der Waals surface area contributed by atoms with E-state index in [9.17, 15) is 13.6 Å². The molecule has 0 bridgehead atoms. The van der Waals surface area contributed by atoms with Crippen LogP contribution in [0.3, 0.4) is 0 Å². The fraction of sp³-hybridized carbons (Fsp3) is 0. The zero-order valence-corrected chi connectivity index (χ0v) is 9.52. The number of rotatable bonds is 2. The lowest BCUT2D eigenvalue weighted by Gasteiger charge is -2.06. The van der Waals surface area contributed by atoms with Crippen molar-refractivity contribution in [3.63, 3.8) is 0 Å². The first kappa shape index (κ1) is 12.6. The maximum absolute atomic E-state index is 13.3. The molecule has 1 aromatic heterocycles. The van der Waals surface area contributed by atoms with E-state index in [2.05, 4.69) is 10.3 Å². The molecule has 0 aliphatic rings.